The summed E-state index contributed by atoms with van der Waals surface area (Å²) >= 11 is 0. The van der Waals surface area contributed by atoms with E-state index < -0.39 is 23.8 Å². The fourth-order valence-electron chi connectivity index (χ4n) is 4.86. The SMILES string of the molecule is CC(C)Nc1cc(-n2ncc3cc(C#N)cnc32)ncc1-c1cn([C@@H]2CCN(C(=O)O)C(C)(C)[C@@H]2O)nn1. The molecule has 5 heterocycles. The highest BCUT2D eigenvalue weighted by molar-refractivity contribution is 5.79. The van der Waals surface area contributed by atoms with Gasteiger partial charge in [0.25, 0.3) is 0 Å². The smallest absolute Gasteiger partial charge is 0.407 e. The van der Waals surface area contributed by atoms with Gasteiger partial charge in [0.2, 0.25) is 0 Å². The third kappa shape index (κ3) is 4.28. The minimum atomic E-state index is -1.06. The molecular weight excluding hydrogens is 488 g/mol. The molecule has 5 rings (SSSR count). The maximum Gasteiger partial charge on any atom is 0.407 e. The van der Waals surface area contributed by atoms with Crippen LogP contribution in [0.15, 0.2) is 36.9 Å². The van der Waals surface area contributed by atoms with Gasteiger partial charge in [0.1, 0.15) is 11.8 Å². The second kappa shape index (κ2) is 9.38. The van der Waals surface area contributed by atoms with Gasteiger partial charge in [-0.15, -0.1) is 5.10 Å². The number of pyridine rings is 2. The summed E-state index contributed by atoms with van der Waals surface area (Å²) in [6.07, 6.45) is 4.93. The van der Waals surface area contributed by atoms with Crippen molar-refractivity contribution in [3.8, 4) is 23.1 Å². The molecule has 0 aliphatic carbocycles. The van der Waals surface area contributed by atoms with Crippen molar-refractivity contribution in [1.82, 2.24) is 39.6 Å². The number of fused-ring (bicyclic) bond motifs is 1. The van der Waals surface area contributed by atoms with E-state index in [0.29, 0.717) is 34.7 Å². The number of likely N-dealkylation sites (tertiary alicyclic amines) is 1. The Hall–Kier alpha value is -4.57. The molecule has 196 valence electrons. The molecule has 1 aliphatic rings. The zero-order valence-corrected chi connectivity index (χ0v) is 21.4. The number of anilines is 1. The zero-order chi connectivity index (χ0) is 27.2. The zero-order valence-electron chi connectivity index (χ0n) is 21.4. The van der Waals surface area contributed by atoms with Crippen molar-refractivity contribution in [3.63, 3.8) is 0 Å². The molecule has 1 saturated heterocycles. The highest BCUT2D eigenvalue weighted by atomic mass is 16.4. The molecule has 0 aromatic carbocycles. The predicted molar refractivity (Wildman–Crippen MR) is 138 cm³/mol. The monoisotopic (exact) mass is 516 g/mol. The van der Waals surface area contributed by atoms with Gasteiger partial charge in [0, 0.05) is 47.7 Å². The second-order valence-corrected chi connectivity index (χ2v) is 10.2. The van der Waals surface area contributed by atoms with E-state index in [1.54, 1.807) is 47.9 Å². The van der Waals surface area contributed by atoms with E-state index >= 15 is 0 Å². The van der Waals surface area contributed by atoms with Crippen molar-refractivity contribution in [2.24, 2.45) is 0 Å². The van der Waals surface area contributed by atoms with Gasteiger partial charge in [0.15, 0.2) is 11.5 Å². The Bertz CT molecular complexity index is 1550. The lowest BCUT2D eigenvalue weighted by Gasteiger charge is -2.47. The summed E-state index contributed by atoms with van der Waals surface area (Å²) in [6.45, 7) is 7.72. The van der Waals surface area contributed by atoms with E-state index in [1.807, 2.05) is 19.9 Å². The van der Waals surface area contributed by atoms with E-state index in [-0.39, 0.29) is 12.6 Å². The number of nitrogens with one attached hydrogen (secondary N) is 1. The Morgan fingerprint density at radius 3 is 2.74 bits per heavy atom. The average molecular weight is 517 g/mol. The lowest BCUT2D eigenvalue weighted by Crippen LogP contribution is -2.61. The molecule has 0 spiro atoms. The standard InChI is InChI=1S/C25H28N10O3/c1-14(2)30-18-8-21(35-23-16(11-29-35)7-15(9-26)10-28-23)27-12-17(18)19-13-34(32-31-19)20-5-6-33(24(37)38)25(3,4)22(20)36/h7-8,10-14,20,22,36H,5-6H2,1-4H3,(H,27,30)(H,37,38)/t20-,22-/m1/s1. The van der Waals surface area contributed by atoms with Gasteiger partial charge in [-0.3, -0.25) is 0 Å². The highest BCUT2D eigenvalue weighted by Crippen LogP contribution is 2.36. The number of aliphatic hydroxyl groups is 1. The Balaban J connectivity index is 1.49. The third-order valence-corrected chi connectivity index (χ3v) is 6.88. The minimum absolute atomic E-state index is 0.104. The molecule has 1 amide bonds. The lowest BCUT2D eigenvalue weighted by molar-refractivity contribution is -0.0647. The number of aromatic nitrogens is 7. The van der Waals surface area contributed by atoms with Crippen LogP contribution in [0.1, 0.15) is 45.7 Å². The first-order chi connectivity index (χ1) is 18.1. The van der Waals surface area contributed by atoms with Crippen LogP contribution in [-0.4, -0.2) is 80.2 Å². The molecule has 1 aliphatic heterocycles. The molecule has 4 aromatic rings. The van der Waals surface area contributed by atoms with Crippen molar-refractivity contribution in [3.05, 3.63) is 42.5 Å². The number of carboxylic acid groups (broad SMARTS) is 1. The molecule has 1 fully saturated rings. The van der Waals surface area contributed by atoms with Crippen LogP contribution in [-0.2, 0) is 0 Å². The number of aliphatic hydroxyl groups excluding tert-OH is 1. The Labute approximate surface area is 218 Å². The van der Waals surface area contributed by atoms with E-state index in [0.717, 1.165) is 11.1 Å². The van der Waals surface area contributed by atoms with Gasteiger partial charge in [-0.05, 0) is 40.2 Å². The largest absolute Gasteiger partial charge is 0.465 e. The number of nitriles is 1. The van der Waals surface area contributed by atoms with Crippen LogP contribution in [0.2, 0.25) is 0 Å². The maximum absolute atomic E-state index is 11.6. The topological polar surface area (TPSA) is 171 Å². The highest BCUT2D eigenvalue weighted by Gasteiger charge is 2.46. The van der Waals surface area contributed by atoms with Crippen LogP contribution < -0.4 is 5.32 Å². The molecule has 13 nitrogen and oxygen atoms in total. The van der Waals surface area contributed by atoms with Crippen LogP contribution in [0.3, 0.4) is 0 Å². The van der Waals surface area contributed by atoms with Crippen molar-refractivity contribution in [1.29, 1.82) is 5.26 Å². The van der Waals surface area contributed by atoms with Crippen LogP contribution in [0.5, 0.6) is 0 Å². The Morgan fingerprint density at radius 2 is 2.03 bits per heavy atom. The summed E-state index contributed by atoms with van der Waals surface area (Å²) in [5, 5.41) is 46.9. The molecule has 4 aromatic heterocycles. The fraction of sp³-hybridized carbons (Fsp3) is 0.400. The van der Waals surface area contributed by atoms with E-state index in [4.69, 9.17) is 5.26 Å². The summed E-state index contributed by atoms with van der Waals surface area (Å²) in [4.78, 5) is 21.9. The molecule has 0 bridgehead atoms. The molecule has 0 radical (unpaired) electrons. The third-order valence-electron chi connectivity index (χ3n) is 6.88. The molecule has 2 atom stereocenters. The van der Waals surface area contributed by atoms with E-state index in [2.05, 4.69) is 36.8 Å². The van der Waals surface area contributed by atoms with Gasteiger partial charge in [0.05, 0.1) is 35.6 Å². The van der Waals surface area contributed by atoms with Crippen molar-refractivity contribution in [2.75, 3.05) is 11.9 Å². The Morgan fingerprint density at radius 1 is 1.24 bits per heavy atom. The first kappa shape index (κ1) is 25.1. The van der Waals surface area contributed by atoms with Gasteiger partial charge in [-0.1, -0.05) is 5.21 Å². The first-order valence-electron chi connectivity index (χ1n) is 12.2. The van der Waals surface area contributed by atoms with Gasteiger partial charge < -0.3 is 20.4 Å². The van der Waals surface area contributed by atoms with Crippen LogP contribution in [0.25, 0.3) is 28.1 Å². The van der Waals surface area contributed by atoms with Gasteiger partial charge in [-0.25, -0.2) is 19.4 Å². The van der Waals surface area contributed by atoms with Crippen molar-refractivity contribution >= 4 is 22.8 Å². The van der Waals surface area contributed by atoms with E-state index in [1.165, 1.54) is 11.1 Å². The van der Waals surface area contributed by atoms with Crippen molar-refractivity contribution in [2.45, 2.75) is 57.8 Å². The van der Waals surface area contributed by atoms with Crippen molar-refractivity contribution < 1.29 is 15.0 Å². The summed E-state index contributed by atoms with van der Waals surface area (Å²) < 4.78 is 3.21. The number of hydrogen-bond acceptors (Lipinski definition) is 9. The summed E-state index contributed by atoms with van der Waals surface area (Å²) in [5.74, 6) is 0.537. The normalized spacial score (nSPS) is 19.0. The van der Waals surface area contributed by atoms with Gasteiger partial charge in [-0.2, -0.15) is 15.0 Å². The molecular formula is C25H28N10O3. The fourth-order valence-corrected chi connectivity index (χ4v) is 4.86. The number of nitrogens with zero attached hydrogens (tertiary/aromatic N) is 9. The lowest BCUT2D eigenvalue weighted by atomic mass is 9.84. The number of piperidine rings is 1. The van der Waals surface area contributed by atoms with Crippen LogP contribution in [0.4, 0.5) is 10.5 Å². The molecule has 0 saturated carbocycles. The first-order valence-corrected chi connectivity index (χ1v) is 12.2. The summed E-state index contributed by atoms with van der Waals surface area (Å²) in [6, 6.07) is 5.33. The molecule has 13 heteroatoms. The van der Waals surface area contributed by atoms with Crippen LogP contribution in [0, 0.1) is 11.3 Å². The number of carbonyl (C=O) groups is 1. The minimum Gasteiger partial charge on any atom is -0.465 e. The quantitative estimate of drug-likeness (QED) is 0.358. The second-order valence-electron chi connectivity index (χ2n) is 10.2. The summed E-state index contributed by atoms with van der Waals surface area (Å²) in [7, 11) is 0. The predicted octanol–water partition coefficient (Wildman–Crippen LogP) is 2.83. The Kier molecular flexibility index (Phi) is 6.20. The van der Waals surface area contributed by atoms with E-state index in [9.17, 15) is 15.0 Å². The van der Waals surface area contributed by atoms with Gasteiger partial charge >= 0.3 is 6.09 Å². The number of rotatable bonds is 5. The average Bonchev–Trinajstić information content (AvgIpc) is 3.52. The maximum atomic E-state index is 11.6. The molecule has 0 unspecified atom stereocenters. The summed E-state index contributed by atoms with van der Waals surface area (Å²) in [5.41, 5.74) is 2.07. The molecule has 38 heavy (non-hydrogen) atoms. The number of amides is 1. The van der Waals surface area contributed by atoms with Crippen LogP contribution >= 0.6 is 0 Å². The molecule has 3 N–H and O–H groups in total. The number of hydrogen-bond donors (Lipinski definition) is 3.